The summed E-state index contributed by atoms with van der Waals surface area (Å²) in [6, 6.07) is 6.34. The minimum Gasteiger partial charge on any atom is -0.490 e. The Morgan fingerprint density at radius 3 is 2.58 bits per heavy atom. The highest BCUT2D eigenvalue weighted by molar-refractivity contribution is 7.91. The number of aromatic amines is 1. The fourth-order valence-electron chi connectivity index (χ4n) is 3.98. The van der Waals surface area contributed by atoms with E-state index in [0.717, 1.165) is 0 Å². The number of ether oxygens (including phenoxy) is 1. The molecule has 0 unspecified atom stereocenters. The van der Waals surface area contributed by atoms with Gasteiger partial charge in [0, 0.05) is 48.8 Å². The number of hydrogen-bond donors (Lipinski definition) is 1. The van der Waals surface area contributed by atoms with E-state index < -0.39 is 15.8 Å². The molecule has 0 aliphatic heterocycles. The number of halogens is 2. The lowest BCUT2D eigenvalue weighted by atomic mass is 9.94. The van der Waals surface area contributed by atoms with Gasteiger partial charge in [0.15, 0.2) is 9.84 Å². The molecule has 1 aliphatic rings. The summed E-state index contributed by atoms with van der Waals surface area (Å²) in [7, 11) is -1.87. The first-order valence-corrected chi connectivity index (χ1v) is 11.8. The molecule has 2 heterocycles. The van der Waals surface area contributed by atoms with Gasteiger partial charge in [0.25, 0.3) is 5.56 Å². The maximum atomic E-state index is 13.5. The summed E-state index contributed by atoms with van der Waals surface area (Å²) in [6.45, 7) is 1.57. The monoisotopic (exact) mass is 450 g/mol. The maximum absolute atomic E-state index is 13.5. The van der Waals surface area contributed by atoms with Crippen LogP contribution in [0.1, 0.15) is 32.6 Å². The van der Waals surface area contributed by atoms with Gasteiger partial charge in [-0.1, -0.05) is 6.92 Å². The van der Waals surface area contributed by atoms with Crippen molar-refractivity contribution in [3.05, 3.63) is 47.0 Å². The zero-order valence-electron chi connectivity index (χ0n) is 17.3. The Morgan fingerprint density at radius 1 is 1.19 bits per heavy atom. The van der Waals surface area contributed by atoms with Crippen molar-refractivity contribution in [2.45, 2.75) is 49.5 Å². The molecule has 1 aliphatic carbocycles. The lowest BCUT2D eigenvalue weighted by Gasteiger charge is -2.29. The Bertz CT molecular complexity index is 1280. The van der Waals surface area contributed by atoms with Crippen LogP contribution < -0.4 is 10.3 Å². The number of sulfone groups is 1. The summed E-state index contributed by atoms with van der Waals surface area (Å²) in [5.41, 5.74) is 1.32. The molecule has 2 aromatic heterocycles. The fourth-order valence-corrected chi connectivity index (χ4v) is 4.88. The Hall–Kier alpha value is -2.68. The first-order valence-electron chi connectivity index (χ1n) is 10.2. The van der Waals surface area contributed by atoms with Gasteiger partial charge in [-0.2, -0.15) is 0 Å². The number of alkyl halides is 2. The maximum Gasteiger partial charge on any atom is 0.274 e. The van der Waals surface area contributed by atoms with Gasteiger partial charge < -0.3 is 14.3 Å². The molecule has 0 amide bonds. The summed E-state index contributed by atoms with van der Waals surface area (Å²) in [5, 5.41) is 0.633. The van der Waals surface area contributed by atoms with Crippen LogP contribution >= 0.6 is 0 Å². The van der Waals surface area contributed by atoms with Crippen molar-refractivity contribution in [2.24, 2.45) is 7.05 Å². The summed E-state index contributed by atoms with van der Waals surface area (Å²) in [4.78, 5) is 15.5. The van der Waals surface area contributed by atoms with Crippen LogP contribution in [0.15, 0.2) is 46.3 Å². The first-order chi connectivity index (χ1) is 14.6. The third kappa shape index (κ3) is 4.11. The van der Waals surface area contributed by atoms with E-state index in [1.54, 1.807) is 38.5 Å². The highest BCUT2D eigenvalue weighted by Crippen LogP contribution is 2.39. The van der Waals surface area contributed by atoms with Crippen LogP contribution in [-0.4, -0.2) is 35.7 Å². The van der Waals surface area contributed by atoms with Crippen molar-refractivity contribution in [1.82, 2.24) is 9.55 Å². The van der Waals surface area contributed by atoms with Gasteiger partial charge in [-0.05, 0) is 37.1 Å². The van der Waals surface area contributed by atoms with Gasteiger partial charge >= 0.3 is 0 Å². The van der Waals surface area contributed by atoms with Crippen molar-refractivity contribution in [3.63, 3.8) is 0 Å². The van der Waals surface area contributed by atoms with Gasteiger partial charge in [-0.25, -0.2) is 17.2 Å². The zero-order valence-corrected chi connectivity index (χ0v) is 18.1. The molecular weight excluding hydrogens is 426 g/mol. The number of aromatic nitrogens is 2. The zero-order chi connectivity index (χ0) is 22.4. The molecule has 1 aromatic carbocycles. The molecule has 166 valence electrons. The highest BCUT2D eigenvalue weighted by Gasteiger charge is 2.36. The van der Waals surface area contributed by atoms with E-state index in [0.29, 0.717) is 27.8 Å². The Kier molecular flexibility index (Phi) is 5.41. The van der Waals surface area contributed by atoms with Crippen molar-refractivity contribution >= 4 is 20.7 Å². The molecule has 0 spiro atoms. The Balaban J connectivity index is 1.85. The lowest BCUT2D eigenvalue weighted by molar-refractivity contribution is -0.0581. The number of nitrogens with zero attached hydrogens (tertiary/aromatic N) is 1. The summed E-state index contributed by atoms with van der Waals surface area (Å²) in [6.07, 6.45) is 2.85. The van der Waals surface area contributed by atoms with E-state index in [1.165, 1.54) is 16.7 Å². The topological polar surface area (TPSA) is 81.2 Å². The minimum atomic E-state index is -3.48. The van der Waals surface area contributed by atoms with Crippen molar-refractivity contribution in [1.29, 1.82) is 0 Å². The SMILES string of the molecule is CCS(=O)(=O)c1ccc(OC2CCC(F)(F)CC2)c(-c2cn(C)c(=O)c3[nH]ccc23)c1. The molecule has 1 fully saturated rings. The molecule has 1 N–H and O–H groups in total. The largest absolute Gasteiger partial charge is 0.490 e. The van der Waals surface area contributed by atoms with E-state index in [1.807, 2.05) is 0 Å². The van der Waals surface area contributed by atoms with E-state index >= 15 is 0 Å². The standard InChI is InChI=1S/C22H24F2N2O4S/c1-3-31(28,29)15-4-5-19(30-14-6-9-22(23,24)10-7-14)17(12-15)18-13-26(2)21(27)20-16(18)8-11-25-20/h4-5,8,11-14,25H,3,6-7,9-10H2,1-2H3. The Morgan fingerprint density at radius 2 is 1.90 bits per heavy atom. The molecule has 0 bridgehead atoms. The third-order valence-electron chi connectivity index (χ3n) is 5.83. The number of fused-ring (bicyclic) bond motifs is 1. The second kappa shape index (κ2) is 7.78. The number of hydrogen-bond acceptors (Lipinski definition) is 4. The molecule has 0 atom stereocenters. The van der Waals surface area contributed by atoms with Crippen LogP contribution in [0.4, 0.5) is 8.78 Å². The molecule has 0 radical (unpaired) electrons. The molecule has 3 aromatic rings. The molecule has 31 heavy (non-hydrogen) atoms. The van der Waals surface area contributed by atoms with Crippen LogP contribution in [0.3, 0.4) is 0 Å². The van der Waals surface area contributed by atoms with Crippen molar-refractivity contribution < 1.29 is 21.9 Å². The van der Waals surface area contributed by atoms with E-state index in [4.69, 9.17) is 4.74 Å². The molecule has 9 heteroatoms. The lowest BCUT2D eigenvalue weighted by Crippen LogP contribution is -2.30. The van der Waals surface area contributed by atoms with Gasteiger partial charge in [0.2, 0.25) is 5.92 Å². The predicted octanol–water partition coefficient (Wildman–Crippen LogP) is 4.28. The fraction of sp³-hybridized carbons (Fsp3) is 0.409. The van der Waals surface area contributed by atoms with E-state index in [2.05, 4.69) is 4.98 Å². The quantitative estimate of drug-likeness (QED) is 0.629. The summed E-state index contributed by atoms with van der Waals surface area (Å²) < 4.78 is 59.6. The number of pyridine rings is 1. The van der Waals surface area contributed by atoms with Gasteiger partial charge in [-0.15, -0.1) is 0 Å². The van der Waals surface area contributed by atoms with Gasteiger partial charge in [0.05, 0.1) is 16.8 Å². The molecule has 4 rings (SSSR count). The first kappa shape index (κ1) is 21.5. The van der Waals surface area contributed by atoms with Crippen LogP contribution in [0.25, 0.3) is 22.0 Å². The summed E-state index contributed by atoms with van der Waals surface area (Å²) in [5.74, 6) is -2.32. The van der Waals surface area contributed by atoms with E-state index in [-0.39, 0.29) is 48.0 Å². The van der Waals surface area contributed by atoms with Crippen LogP contribution in [0, 0.1) is 0 Å². The van der Waals surface area contributed by atoms with Crippen LogP contribution in [0.2, 0.25) is 0 Å². The minimum absolute atomic E-state index is 0.0583. The van der Waals surface area contributed by atoms with Crippen LogP contribution in [-0.2, 0) is 16.9 Å². The third-order valence-corrected chi connectivity index (χ3v) is 7.56. The summed E-state index contributed by atoms with van der Waals surface area (Å²) >= 11 is 0. The predicted molar refractivity (Wildman–Crippen MR) is 115 cm³/mol. The number of nitrogens with one attached hydrogen (secondary N) is 1. The average Bonchev–Trinajstić information content (AvgIpc) is 3.23. The molecule has 0 saturated heterocycles. The molecule has 1 saturated carbocycles. The van der Waals surface area contributed by atoms with Crippen molar-refractivity contribution in [3.8, 4) is 16.9 Å². The second-order valence-electron chi connectivity index (χ2n) is 7.96. The Labute approximate surface area is 178 Å². The van der Waals surface area contributed by atoms with Crippen molar-refractivity contribution in [2.75, 3.05) is 5.75 Å². The van der Waals surface area contributed by atoms with Crippen LogP contribution in [0.5, 0.6) is 5.75 Å². The van der Waals surface area contributed by atoms with Gasteiger partial charge in [-0.3, -0.25) is 4.79 Å². The number of benzene rings is 1. The smallest absolute Gasteiger partial charge is 0.274 e. The highest BCUT2D eigenvalue weighted by atomic mass is 32.2. The molecule has 6 nitrogen and oxygen atoms in total. The molecular formula is C22H24F2N2O4S. The number of aryl methyl sites for hydroxylation is 1. The normalized spacial score (nSPS) is 17.2. The van der Waals surface area contributed by atoms with Gasteiger partial charge in [0.1, 0.15) is 11.3 Å². The second-order valence-corrected chi connectivity index (χ2v) is 10.2. The average molecular weight is 451 g/mol. The number of H-pyrrole nitrogens is 1. The number of rotatable bonds is 5. The van der Waals surface area contributed by atoms with E-state index in [9.17, 15) is 22.0 Å².